The highest BCUT2D eigenvalue weighted by Crippen LogP contribution is 2.14. The van der Waals surface area contributed by atoms with Crippen LogP contribution in [0.4, 0.5) is 4.79 Å². The van der Waals surface area contributed by atoms with Crippen molar-refractivity contribution in [2.24, 2.45) is 11.8 Å². The largest absolute Gasteiger partial charge is 0.481 e. The molecule has 5 nitrogen and oxygen atoms in total. The normalized spacial score (nSPS) is 13.9. The number of carboxylic acid groups (broad SMARTS) is 1. The first-order chi connectivity index (χ1) is 8.86. The smallest absolute Gasteiger partial charge is 0.315 e. The van der Waals surface area contributed by atoms with Crippen molar-refractivity contribution in [3.05, 3.63) is 0 Å². The predicted molar refractivity (Wildman–Crippen MR) is 76.1 cm³/mol. The van der Waals surface area contributed by atoms with E-state index in [0.29, 0.717) is 24.8 Å². The van der Waals surface area contributed by atoms with Gasteiger partial charge in [-0.05, 0) is 31.6 Å². The Balaban J connectivity index is 3.80. The second-order valence-electron chi connectivity index (χ2n) is 5.43. The number of hydrogen-bond donors (Lipinski definition) is 3. The van der Waals surface area contributed by atoms with Crippen LogP contribution in [0.1, 0.15) is 53.4 Å². The highest BCUT2D eigenvalue weighted by atomic mass is 16.4. The maximum atomic E-state index is 11.6. The third kappa shape index (κ3) is 9.33. The lowest BCUT2D eigenvalue weighted by atomic mass is 9.97. The summed E-state index contributed by atoms with van der Waals surface area (Å²) >= 11 is 0. The van der Waals surface area contributed by atoms with E-state index in [-0.39, 0.29) is 18.5 Å². The first-order valence-electron chi connectivity index (χ1n) is 7.12. The molecule has 0 fully saturated rings. The minimum absolute atomic E-state index is 0.144. The predicted octanol–water partition coefficient (Wildman–Crippen LogP) is 2.61. The highest BCUT2D eigenvalue weighted by molar-refractivity contribution is 5.74. The quantitative estimate of drug-likeness (QED) is 0.603. The molecule has 3 N–H and O–H groups in total. The lowest BCUT2D eigenvalue weighted by molar-refractivity contribution is -0.137. The fourth-order valence-corrected chi connectivity index (χ4v) is 1.69. The second kappa shape index (κ2) is 9.64. The van der Waals surface area contributed by atoms with E-state index in [1.54, 1.807) is 0 Å². The Morgan fingerprint density at radius 3 is 2.26 bits per heavy atom. The van der Waals surface area contributed by atoms with Crippen molar-refractivity contribution >= 4 is 12.0 Å². The standard InChI is InChI=1S/C14H28N2O3/c1-5-12(6-7-13(17)18)8-9-15-14(19)16-11(4)10(2)3/h10-12H,5-9H2,1-4H3,(H,17,18)(H2,15,16,19). The minimum atomic E-state index is -0.755. The first-order valence-corrected chi connectivity index (χ1v) is 7.12. The van der Waals surface area contributed by atoms with Crippen molar-refractivity contribution in [1.82, 2.24) is 10.6 Å². The van der Waals surface area contributed by atoms with Crippen molar-refractivity contribution in [2.75, 3.05) is 6.54 Å². The van der Waals surface area contributed by atoms with Crippen LogP contribution >= 0.6 is 0 Å². The number of nitrogens with one attached hydrogen (secondary N) is 2. The van der Waals surface area contributed by atoms with E-state index in [2.05, 4.69) is 24.5 Å². The Morgan fingerprint density at radius 1 is 1.16 bits per heavy atom. The summed E-state index contributed by atoms with van der Waals surface area (Å²) in [4.78, 5) is 22.1. The van der Waals surface area contributed by atoms with Gasteiger partial charge in [0.1, 0.15) is 0 Å². The van der Waals surface area contributed by atoms with Crippen molar-refractivity contribution in [2.45, 2.75) is 59.4 Å². The summed E-state index contributed by atoms with van der Waals surface area (Å²) in [5, 5.41) is 14.3. The van der Waals surface area contributed by atoms with Crippen LogP contribution in [0.5, 0.6) is 0 Å². The zero-order chi connectivity index (χ0) is 14.8. The molecular weight excluding hydrogens is 244 g/mol. The number of rotatable bonds is 9. The Labute approximate surface area is 116 Å². The van der Waals surface area contributed by atoms with Crippen LogP contribution in [0.2, 0.25) is 0 Å². The van der Waals surface area contributed by atoms with Gasteiger partial charge < -0.3 is 15.7 Å². The molecule has 0 aromatic heterocycles. The van der Waals surface area contributed by atoms with Gasteiger partial charge in [-0.2, -0.15) is 0 Å². The molecule has 0 saturated carbocycles. The van der Waals surface area contributed by atoms with Gasteiger partial charge in [0, 0.05) is 19.0 Å². The molecule has 5 heteroatoms. The van der Waals surface area contributed by atoms with Crippen LogP contribution in [0, 0.1) is 11.8 Å². The molecule has 0 aromatic carbocycles. The second-order valence-corrected chi connectivity index (χ2v) is 5.43. The number of amides is 2. The van der Waals surface area contributed by atoms with Crippen molar-refractivity contribution in [1.29, 1.82) is 0 Å². The number of urea groups is 1. The summed E-state index contributed by atoms with van der Waals surface area (Å²) in [5.41, 5.74) is 0. The molecule has 0 radical (unpaired) electrons. The highest BCUT2D eigenvalue weighted by Gasteiger charge is 2.12. The molecule has 2 atom stereocenters. The third-order valence-electron chi connectivity index (χ3n) is 3.54. The molecule has 0 heterocycles. The Bertz CT molecular complexity index is 280. The molecule has 2 unspecified atom stereocenters. The van der Waals surface area contributed by atoms with Crippen LogP contribution in [0.25, 0.3) is 0 Å². The summed E-state index contributed by atoms with van der Waals surface area (Å²) in [6.45, 7) is 8.74. The van der Waals surface area contributed by atoms with Gasteiger partial charge in [0.15, 0.2) is 0 Å². The number of carboxylic acids is 1. The van der Waals surface area contributed by atoms with Gasteiger partial charge in [0.2, 0.25) is 0 Å². The van der Waals surface area contributed by atoms with Crippen LogP contribution in [-0.2, 0) is 4.79 Å². The van der Waals surface area contributed by atoms with E-state index in [4.69, 9.17) is 5.11 Å². The van der Waals surface area contributed by atoms with E-state index in [1.807, 2.05) is 13.8 Å². The number of hydrogen-bond acceptors (Lipinski definition) is 2. The van der Waals surface area contributed by atoms with Gasteiger partial charge >= 0.3 is 12.0 Å². The zero-order valence-corrected chi connectivity index (χ0v) is 12.5. The van der Waals surface area contributed by atoms with Crippen LogP contribution in [0.15, 0.2) is 0 Å². The topological polar surface area (TPSA) is 78.4 Å². The molecular formula is C14H28N2O3. The molecule has 0 aliphatic rings. The monoisotopic (exact) mass is 272 g/mol. The van der Waals surface area contributed by atoms with E-state index in [1.165, 1.54) is 0 Å². The van der Waals surface area contributed by atoms with Crippen molar-refractivity contribution in [3.63, 3.8) is 0 Å². The van der Waals surface area contributed by atoms with Gasteiger partial charge in [0.25, 0.3) is 0 Å². The summed E-state index contributed by atoms with van der Waals surface area (Å²) < 4.78 is 0. The summed E-state index contributed by atoms with van der Waals surface area (Å²) in [5.74, 6) is 0.0125. The molecule has 0 spiro atoms. The SMILES string of the molecule is CCC(CCNC(=O)NC(C)C(C)C)CCC(=O)O. The average molecular weight is 272 g/mol. The van der Waals surface area contributed by atoms with E-state index in [0.717, 1.165) is 12.8 Å². The molecule has 0 saturated heterocycles. The lowest BCUT2D eigenvalue weighted by Crippen LogP contribution is -2.43. The molecule has 19 heavy (non-hydrogen) atoms. The van der Waals surface area contributed by atoms with Gasteiger partial charge in [-0.1, -0.05) is 27.2 Å². The average Bonchev–Trinajstić information content (AvgIpc) is 2.32. The molecule has 0 aromatic rings. The van der Waals surface area contributed by atoms with Crippen LogP contribution < -0.4 is 10.6 Å². The molecule has 2 amide bonds. The number of aliphatic carboxylic acids is 1. The molecule has 0 bridgehead atoms. The van der Waals surface area contributed by atoms with E-state index < -0.39 is 5.97 Å². The minimum Gasteiger partial charge on any atom is -0.481 e. The van der Waals surface area contributed by atoms with Gasteiger partial charge in [-0.15, -0.1) is 0 Å². The van der Waals surface area contributed by atoms with Crippen LogP contribution in [0.3, 0.4) is 0 Å². The Morgan fingerprint density at radius 2 is 1.79 bits per heavy atom. The first kappa shape index (κ1) is 17.7. The maximum absolute atomic E-state index is 11.6. The molecule has 0 aliphatic heterocycles. The molecule has 0 rings (SSSR count). The Hall–Kier alpha value is -1.26. The fourth-order valence-electron chi connectivity index (χ4n) is 1.69. The van der Waals surface area contributed by atoms with Crippen molar-refractivity contribution in [3.8, 4) is 0 Å². The van der Waals surface area contributed by atoms with Gasteiger partial charge in [-0.3, -0.25) is 4.79 Å². The number of carbonyl (C=O) groups excluding carboxylic acids is 1. The molecule has 0 aliphatic carbocycles. The van der Waals surface area contributed by atoms with Crippen molar-refractivity contribution < 1.29 is 14.7 Å². The third-order valence-corrected chi connectivity index (χ3v) is 3.54. The summed E-state index contributed by atoms with van der Waals surface area (Å²) in [6.07, 6.45) is 2.65. The summed E-state index contributed by atoms with van der Waals surface area (Å²) in [6, 6.07) is 0.00303. The zero-order valence-electron chi connectivity index (χ0n) is 12.5. The maximum Gasteiger partial charge on any atom is 0.315 e. The fraction of sp³-hybridized carbons (Fsp3) is 0.857. The number of carbonyl (C=O) groups is 2. The molecule has 112 valence electrons. The van der Waals surface area contributed by atoms with E-state index in [9.17, 15) is 9.59 Å². The Kier molecular flexibility index (Phi) is 9.00. The van der Waals surface area contributed by atoms with Gasteiger partial charge in [0.05, 0.1) is 0 Å². The van der Waals surface area contributed by atoms with Gasteiger partial charge in [-0.25, -0.2) is 4.79 Å². The van der Waals surface area contributed by atoms with E-state index >= 15 is 0 Å². The van der Waals surface area contributed by atoms with Crippen LogP contribution in [-0.4, -0.2) is 29.7 Å². The lowest BCUT2D eigenvalue weighted by Gasteiger charge is -2.19. The summed E-state index contributed by atoms with van der Waals surface area (Å²) in [7, 11) is 0.